The molecule has 106 valence electrons. The van der Waals surface area contributed by atoms with Crippen LogP contribution in [0.25, 0.3) is 5.52 Å². The summed E-state index contributed by atoms with van der Waals surface area (Å²) >= 11 is 0. The Morgan fingerprint density at radius 3 is 2.80 bits per heavy atom. The SMILES string of the molecule is CN1CCN(CCc2ncc3ccc(C=O)cn23)CC1. The van der Waals surface area contributed by atoms with Crippen LogP contribution in [0.4, 0.5) is 0 Å². The zero-order chi connectivity index (χ0) is 13.9. The average molecular weight is 272 g/mol. The van der Waals surface area contributed by atoms with Gasteiger partial charge < -0.3 is 14.2 Å². The Balaban J connectivity index is 1.69. The highest BCUT2D eigenvalue weighted by Crippen LogP contribution is 2.10. The first-order valence-corrected chi connectivity index (χ1v) is 7.08. The van der Waals surface area contributed by atoms with E-state index in [2.05, 4.69) is 21.8 Å². The van der Waals surface area contributed by atoms with Crippen molar-refractivity contribution in [3.05, 3.63) is 35.9 Å². The molecule has 0 amide bonds. The van der Waals surface area contributed by atoms with Crippen LogP contribution in [0.1, 0.15) is 16.2 Å². The van der Waals surface area contributed by atoms with Gasteiger partial charge in [-0.05, 0) is 19.2 Å². The molecule has 0 aromatic carbocycles. The molecule has 0 unspecified atom stereocenters. The second-order valence-corrected chi connectivity index (χ2v) is 5.44. The molecule has 1 aliphatic rings. The molecule has 0 radical (unpaired) electrons. The minimum absolute atomic E-state index is 0.691. The van der Waals surface area contributed by atoms with Crippen molar-refractivity contribution in [2.45, 2.75) is 6.42 Å². The molecule has 5 nitrogen and oxygen atoms in total. The van der Waals surface area contributed by atoms with E-state index in [1.54, 1.807) is 0 Å². The van der Waals surface area contributed by atoms with Gasteiger partial charge >= 0.3 is 0 Å². The molecule has 2 aromatic rings. The first-order valence-electron chi connectivity index (χ1n) is 7.08. The van der Waals surface area contributed by atoms with Crippen LogP contribution in [0.15, 0.2) is 24.5 Å². The highest BCUT2D eigenvalue weighted by atomic mass is 16.1. The van der Waals surface area contributed by atoms with E-state index in [-0.39, 0.29) is 0 Å². The maximum atomic E-state index is 10.9. The lowest BCUT2D eigenvalue weighted by Crippen LogP contribution is -2.45. The van der Waals surface area contributed by atoms with E-state index in [1.807, 2.05) is 28.9 Å². The molecule has 20 heavy (non-hydrogen) atoms. The molecular formula is C15H20N4O. The minimum Gasteiger partial charge on any atom is -0.304 e. The van der Waals surface area contributed by atoms with Crippen molar-refractivity contribution in [3.63, 3.8) is 0 Å². The monoisotopic (exact) mass is 272 g/mol. The maximum Gasteiger partial charge on any atom is 0.151 e. The summed E-state index contributed by atoms with van der Waals surface area (Å²) in [6, 6.07) is 3.77. The summed E-state index contributed by atoms with van der Waals surface area (Å²) in [5.41, 5.74) is 1.74. The van der Waals surface area contributed by atoms with E-state index in [0.717, 1.165) is 56.8 Å². The van der Waals surface area contributed by atoms with Crippen molar-refractivity contribution < 1.29 is 4.79 Å². The van der Waals surface area contributed by atoms with Gasteiger partial charge in [-0.2, -0.15) is 0 Å². The van der Waals surface area contributed by atoms with E-state index in [9.17, 15) is 4.79 Å². The van der Waals surface area contributed by atoms with Crippen molar-refractivity contribution in [2.75, 3.05) is 39.8 Å². The predicted octanol–water partition coefficient (Wildman–Crippen LogP) is 0.937. The zero-order valence-corrected chi connectivity index (χ0v) is 11.8. The number of carbonyl (C=O) groups is 1. The van der Waals surface area contributed by atoms with Crippen molar-refractivity contribution in [1.29, 1.82) is 0 Å². The topological polar surface area (TPSA) is 40.8 Å². The summed E-state index contributed by atoms with van der Waals surface area (Å²) in [5.74, 6) is 1.03. The maximum absolute atomic E-state index is 10.9. The zero-order valence-electron chi connectivity index (χ0n) is 11.8. The third kappa shape index (κ3) is 2.73. The van der Waals surface area contributed by atoms with Crippen LogP contribution in [0.3, 0.4) is 0 Å². The quantitative estimate of drug-likeness (QED) is 0.777. The van der Waals surface area contributed by atoms with E-state index < -0.39 is 0 Å². The summed E-state index contributed by atoms with van der Waals surface area (Å²) in [6.45, 7) is 5.55. The first-order chi connectivity index (χ1) is 9.76. The Labute approximate surface area is 118 Å². The number of pyridine rings is 1. The molecule has 0 spiro atoms. The van der Waals surface area contributed by atoms with Crippen LogP contribution in [-0.4, -0.2) is 65.2 Å². The number of aldehydes is 1. The van der Waals surface area contributed by atoms with Gasteiger partial charge in [0, 0.05) is 50.9 Å². The van der Waals surface area contributed by atoms with Gasteiger partial charge in [0.2, 0.25) is 0 Å². The van der Waals surface area contributed by atoms with Crippen molar-refractivity contribution in [3.8, 4) is 0 Å². The molecular weight excluding hydrogens is 252 g/mol. The van der Waals surface area contributed by atoms with Crippen molar-refractivity contribution >= 4 is 11.8 Å². The van der Waals surface area contributed by atoms with Gasteiger partial charge in [0.05, 0.1) is 11.7 Å². The molecule has 0 bridgehead atoms. The lowest BCUT2D eigenvalue weighted by Gasteiger charge is -2.32. The normalized spacial score (nSPS) is 17.6. The van der Waals surface area contributed by atoms with Crippen molar-refractivity contribution in [1.82, 2.24) is 19.2 Å². The van der Waals surface area contributed by atoms with Gasteiger partial charge in [-0.15, -0.1) is 0 Å². The number of fused-ring (bicyclic) bond motifs is 1. The van der Waals surface area contributed by atoms with Crippen LogP contribution in [0.5, 0.6) is 0 Å². The second-order valence-electron chi connectivity index (χ2n) is 5.44. The minimum atomic E-state index is 0.691. The van der Waals surface area contributed by atoms with Crippen LogP contribution < -0.4 is 0 Å². The predicted molar refractivity (Wildman–Crippen MR) is 78.2 cm³/mol. The van der Waals surface area contributed by atoms with Gasteiger partial charge in [-0.1, -0.05) is 0 Å². The van der Waals surface area contributed by atoms with E-state index in [0.29, 0.717) is 5.56 Å². The summed E-state index contributed by atoms with van der Waals surface area (Å²) in [6.07, 6.45) is 5.53. The first kappa shape index (κ1) is 13.3. The van der Waals surface area contributed by atoms with E-state index in [1.165, 1.54) is 0 Å². The molecule has 3 heterocycles. The van der Waals surface area contributed by atoms with Crippen LogP contribution >= 0.6 is 0 Å². The highest BCUT2D eigenvalue weighted by Gasteiger charge is 2.14. The number of piperazine rings is 1. The highest BCUT2D eigenvalue weighted by molar-refractivity contribution is 5.75. The molecule has 3 rings (SSSR count). The smallest absolute Gasteiger partial charge is 0.151 e. The average Bonchev–Trinajstić information content (AvgIpc) is 2.89. The van der Waals surface area contributed by atoms with Gasteiger partial charge in [0.1, 0.15) is 5.82 Å². The summed E-state index contributed by atoms with van der Waals surface area (Å²) in [4.78, 5) is 20.2. The number of likely N-dealkylation sites (N-methyl/N-ethyl adjacent to an activating group) is 1. The molecule has 1 fully saturated rings. The van der Waals surface area contributed by atoms with Crippen LogP contribution in [0, 0.1) is 0 Å². The largest absolute Gasteiger partial charge is 0.304 e. The summed E-state index contributed by atoms with van der Waals surface area (Å²) in [7, 11) is 2.17. The fraction of sp³-hybridized carbons (Fsp3) is 0.467. The third-order valence-corrected chi connectivity index (χ3v) is 4.01. The van der Waals surface area contributed by atoms with Gasteiger partial charge in [-0.3, -0.25) is 4.79 Å². The fourth-order valence-corrected chi connectivity index (χ4v) is 2.64. The molecule has 0 atom stereocenters. The Morgan fingerprint density at radius 2 is 2.05 bits per heavy atom. The molecule has 0 saturated carbocycles. The summed E-state index contributed by atoms with van der Waals surface area (Å²) < 4.78 is 2.03. The van der Waals surface area contributed by atoms with Crippen LogP contribution in [0.2, 0.25) is 0 Å². The lowest BCUT2D eigenvalue weighted by atomic mass is 10.2. The number of rotatable bonds is 4. The Kier molecular flexibility index (Phi) is 3.80. The van der Waals surface area contributed by atoms with Crippen molar-refractivity contribution in [2.24, 2.45) is 0 Å². The Hall–Kier alpha value is -1.72. The van der Waals surface area contributed by atoms with E-state index in [4.69, 9.17) is 0 Å². The molecule has 0 aliphatic carbocycles. The summed E-state index contributed by atoms with van der Waals surface area (Å²) in [5, 5.41) is 0. The Morgan fingerprint density at radius 1 is 1.25 bits per heavy atom. The third-order valence-electron chi connectivity index (χ3n) is 4.01. The number of imidazole rings is 1. The van der Waals surface area contributed by atoms with Gasteiger partial charge in [-0.25, -0.2) is 4.98 Å². The standard InChI is InChI=1S/C15H20N4O/c1-17-6-8-18(9-7-17)5-4-15-16-10-14-3-2-13(12-20)11-19(14)15/h2-3,10-12H,4-9H2,1H3. The molecule has 1 aliphatic heterocycles. The molecule has 0 N–H and O–H groups in total. The lowest BCUT2D eigenvalue weighted by molar-refractivity contribution is 0.112. The van der Waals surface area contributed by atoms with Gasteiger partial charge in [0.25, 0.3) is 0 Å². The van der Waals surface area contributed by atoms with Crippen LogP contribution in [-0.2, 0) is 6.42 Å². The number of hydrogen-bond acceptors (Lipinski definition) is 4. The van der Waals surface area contributed by atoms with E-state index >= 15 is 0 Å². The number of aromatic nitrogens is 2. The molecule has 2 aromatic heterocycles. The molecule has 1 saturated heterocycles. The fourth-order valence-electron chi connectivity index (χ4n) is 2.64. The molecule has 5 heteroatoms. The number of hydrogen-bond donors (Lipinski definition) is 0. The Bertz CT molecular complexity index is 599. The van der Waals surface area contributed by atoms with Gasteiger partial charge in [0.15, 0.2) is 6.29 Å². The number of carbonyl (C=O) groups excluding carboxylic acids is 1. The number of nitrogens with zero attached hydrogens (tertiary/aromatic N) is 4. The second kappa shape index (κ2) is 5.73.